The molecule has 8 heteroatoms. The third-order valence-electron chi connectivity index (χ3n) is 3.71. The maximum absolute atomic E-state index is 12.4. The lowest BCUT2D eigenvalue weighted by atomic mass is 9.99. The molecule has 1 aliphatic carbocycles. The number of benzene rings is 1. The first-order chi connectivity index (χ1) is 9.44. The quantitative estimate of drug-likeness (QED) is 0.832. The number of sulfonamides is 1. The minimum atomic E-state index is -3.68. The first-order valence-electron chi connectivity index (χ1n) is 6.61. The van der Waals surface area contributed by atoms with Gasteiger partial charge in [0.15, 0.2) is 0 Å². The summed E-state index contributed by atoms with van der Waals surface area (Å²) in [7, 11) is -3.68. The Bertz CT molecular complexity index is 575. The van der Waals surface area contributed by atoms with E-state index in [1.165, 1.54) is 18.2 Å². The van der Waals surface area contributed by atoms with Gasteiger partial charge in [0, 0.05) is 17.6 Å². The molecule has 1 aliphatic rings. The molecule has 21 heavy (non-hydrogen) atoms. The van der Waals surface area contributed by atoms with Crippen molar-refractivity contribution in [2.45, 2.75) is 36.6 Å². The van der Waals surface area contributed by atoms with Gasteiger partial charge < -0.3 is 5.73 Å². The Morgan fingerprint density at radius 2 is 1.90 bits per heavy atom. The molecule has 1 saturated carbocycles. The fraction of sp³-hybridized carbons (Fsp3) is 0.538. The van der Waals surface area contributed by atoms with Gasteiger partial charge in [-0.15, -0.1) is 12.4 Å². The Hall–Kier alpha value is -0.0400. The summed E-state index contributed by atoms with van der Waals surface area (Å²) >= 11 is 11.7. The number of halogens is 3. The summed E-state index contributed by atoms with van der Waals surface area (Å²) in [5.41, 5.74) is 5.72. The van der Waals surface area contributed by atoms with Crippen LogP contribution in [0.25, 0.3) is 0 Å². The van der Waals surface area contributed by atoms with Crippen LogP contribution in [0.1, 0.15) is 25.7 Å². The maximum atomic E-state index is 12.4. The van der Waals surface area contributed by atoms with Crippen molar-refractivity contribution in [2.75, 3.05) is 6.54 Å². The highest BCUT2D eigenvalue weighted by Gasteiger charge is 2.29. The second-order valence-corrected chi connectivity index (χ2v) is 7.61. The molecule has 1 unspecified atom stereocenters. The van der Waals surface area contributed by atoms with Crippen LogP contribution in [0.5, 0.6) is 0 Å². The summed E-state index contributed by atoms with van der Waals surface area (Å²) in [6.45, 7) is 0.287. The van der Waals surface area contributed by atoms with E-state index >= 15 is 0 Å². The average Bonchev–Trinajstić information content (AvgIpc) is 2.89. The van der Waals surface area contributed by atoms with Crippen LogP contribution in [0.3, 0.4) is 0 Å². The first kappa shape index (κ1) is 19.0. The molecule has 0 amide bonds. The Morgan fingerprint density at radius 3 is 2.43 bits per heavy atom. The van der Waals surface area contributed by atoms with Crippen LogP contribution >= 0.6 is 35.6 Å². The van der Waals surface area contributed by atoms with Gasteiger partial charge in [0.25, 0.3) is 0 Å². The summed E-state index contributed by atoms with van der Waals surface area (Å²) in [5.74, 6) is 0.306. The van der Waals surface area contributed by atoms with E-state index in [0.29, 0.717) is 10.9 Å². The molecule has 120 valence electrons. The maximum Gasteiger partial charge on any atom is 0.242 e. The Morgan fingerprint density at radius 1 is 1.29 bits per heavy atom. The summed E-state index contributed by atoms with van der Waals surface area (Å²) in [5, 5.41) is 0.521. The van der Waals surface area contributed by atoms with E-state index in [1.54, 1.807) is 0 Å². The lowest BCUT2D eigenvalue weighted by Crippen LogP contribution is -2.44. The van der Waals surface area contributed by atoms with E-state index < -0.39 is 10.0 Å². The van der Waals surface area contributed by atoms with Crippen molar-refractivity contribution < 1.29 is 8.42 Å². The normalized spacial score (nSPS) is 17.5. The molecule has 4 nitrogen and oxygen atoms in total. The van der Waals surface area contributed by atoms with E-state index in [0.717, 1.165) is 25.7 Å². The molecule has 1 aromatic rings. The van der Waals surface area contributed by atoms with Gasteiger partial charge in [-0.1, -0.05) is 36.0 Å². The molecule has 0 heterocycles. The van der Waals surface area contributed by atoms with Crippen molar-refractivity contribution in [1.29, 1.82) is 0 Å². The van der Waals surface area contributed by atoms with Crippen molar-refractivity contribution in [1.82, 2.24) is 4.72 Å². The predicted molar refractivity (Wildman–Crippen MR) is 88.8 cm³/mol. The highest BCUT2D eigenvalue weighted by atomic mass is 35.5. The number of rotatable bonds is 5. The first-order valence-corrected chi connectivity index (χ1v) is 8.85. The molecular formula is C13H19Cl3N2O2S. The van der Waals surface area contributed by atoms with Crippen LogP contribution < -0.4 is 10.5 Å². The van der Waals surface area contributed by atoms with Gasteiger partial charge in [0.2, 0.25) is 10.0 Å². The van der Waals surface area contributed by atoms with E-state index in [9.17, 15) is 8.42 Å². The topological polar surface area (TPSA) is 72.2 Å². The van der Waals surface area contributed by atoms with Gasteiger partial charge in [-0.2, -0.15) is 0 Å². The molecule has 0 aromatic heterocycles. The van der Waals surface area contributed by atoms with Gasteiger partial charge in [-0.25, -0.2) is 13.1 Å². The molecule has 0 radical (unpaired) electrons. The zero-order valence-corrected chi connectivity index (χ0v) is 14.5. The van der Waals surface area contributed by atoms with E-state index in [-0.39, 0.29) is 34.9 Å². The average molecular weight is 374 g/mol. The Kier molecular flexibility index (Phi) is 7.24. The largest absolute Gasteiger partial charge is 0.329 e. The van der Waals surface area contributed by atoms with Crippen LogP contribution in [0, 0.1) is 5.92 Å². The summed E-state index contributed by atoms with van der Waals surface area (Å²) in [4.78, 5) is 0.0417. The molecule has 1 atom stereocenters. The molecule has 3 N–H and O–H groups in total. The zero-order valence-electron chi connectivity index (χ0n) is 11.4. The van der Waals surface area contributed by atoms with Crippen LogP contribution in [-0.4, -0.2) is 21.0 Å². The lowest BCUT2D eigenvalue weighted by molar-refractivity contribution is 0.405. The van der Waals surface area contributed by atoms with Crippen molar-refractivity contribution in [3.05, 3.63) is 28.2 Å². The van der Waals surface area contributed by atoms with Gasteiger partial charge in [-0.3, -0.25) is 0 Å². The minimum absolute atomic E-state index is 0. The summed E-state index contributed by atoms with van der Waals surface area (Å²) < 4.78 is 27.5. The molecule has 0 saturated heterocycles. The van der Waals surface area contributed by atoms with Crippen LogP contribution in [-0.2, 0) is 10.0 Å². The van der Waals surface area contributed by atoms with Gasteiger partial charge in [-0.05, 0) is 37.0 Å². The van der Waals surface area contributed by atoms with E-state index in [4.69, 9.17) is 28.9 Å². The standard InChI is InChI=1S/C13H18Cl2N2O2S.ClH/c14-10-5-6-13(11(15)7-10)20(18,19)17-12(8-16)9-3-1-2-4-9;/h5-7,9,12,17H,1-4,8,16H2;1H. The van der Waals surface area contributed by atoms with Gasteiger partial charge >= 0.3 is 0 Å². The fourth-order valence-electron chi connectivity index (χ4n) is 2.65. The fourth-order valence-corrected chi connectivity index (χ4v) is 4.74. The highest BCUT2D eigenvalue weighted by molar-refractivity contribution is 7.89. The van der Waals surface area contributed by atoms with Crippen LogP contribution in [0.4, 0.5) is 0 Å². The van der Waals surface area contributed by atoms with Crippen molar-refractivity contribution >= 4 is 45.6 Å². The third kappa shape index (κ3) is 4.71. The number of hydrogen-bond donors (Lipinski definition) is 2. The molecule has 0 bridgehead atoms. The Labute approximate surface area is 141 Å². The van der Waals surface area contributed by atoms with Gasteiger partial charge in [0.05, 0.1) is 5.02 Å². The van der Waals surface area contributed by atoms with Crippen molar-refractivity contribution in [2.24, 2.45) is 11.7 Å². The van der Waals surface area contributed by atoms with E-state index in [1.807, 2.05) is 0 Å². The smallest absolute Gasteiger partial charge is 0.242 e. The van der Waals surface area contributed by atoms with Crippen molar-refractivity contribution in [3.8, 4) is 0 Å². The number of nitrogens with one attached hydrogen (secondary N) is 1. The molecule has 2 rings (SSSR count). The molecule has 1 aromatic carbocycles. The van der Waals surface area contributed by atoms with Crippen molar-refractivity contribution in [3.63, 3.8) is 0 Å². The Balaban J connectivity index is 0.00000220. The minimum Gasteiger partial charge on any atom is -0.329 e. The second-order valence-electron chi connectivity index (χ2n) is 5.08. The SMILES string of the molecule is Cl.NCC(NS(=O)(=O)c1ccc(Cl)cc1Cl)C1CCCC1. The predicted octanol–water partition coefficient (Wildman–Crippen LogP) is 3.21. The molecular weight excluding hydrogens is 355 g/mol. The molecule has 0 aliphatic heterocycles. The monoisotopic (exact) mass is 372 g/mol. The lowest BCUT2D eigenvalue weighted by Gasteiger charge is -2.23. The summed E-state index contributed by atoms with van der Waals surface area (Å²) in [6.07, 6.45) is 4.28. The second kappa shape index (κ2) is 7.99. The van der Waals surface area contributed by atoms with Gasteiger partial charge in [0.1, 0.15) is 4.90 Å². The highest BCUT2D eigenvalue weighted by Crippen LogP contribution is 2.29. The molecule has 1 fully saturated rings. The zero-order chi connectivity index (χ0) is 14.8. The number of hydrogen-bond acceptors (Lipinski definition) is 3. The van der Waals surface area contributed by atoms with Crippen LogP contribution in [0.15, 0.2) is 23.1 Å². The summed E-state index contributed by atoms with van der Waals surface area (Å²) in [6, 6.07) is 4.10. The number of nitrogens with two attached hydrogens (primary N) is 1. The molecule has 0 spiro atoms. The van der Waals surface area contributed by atoms with Crippen LogP contribution in [0.2, 0.25) is 10.0 Å². The van der Waals surface area contributed by atoms with E-state index in [2.05, 4.69) is 4.72 Å². The third-order valence-corrected chi connectivity index (χ3v) is 5.92.